The Labute approximate surface area is 128 Å². The van der Waals surface area contributed by atoms with E-state index in [0.717, 1.165) is 27.7 Å². The van der Waals surface area contributed by atoms with E-state index in [-0.39, 0.29) is 0 Å². The Morgan fingerprint density at radius 2 is 2.33 bits per heavy atom. The second-order valence-corrected chi connectivity index (χ2v) is 5.22. The Balaban J connectivity index is 1.94. The van der Waals surface area contributed by atoms with Crippen LogP contribution < -0.4 is 5.32 Å². The van der Waals surface area contributed by atoms with Gasteiger partial charge in [-0.3, -0.25) is 4.98 Å². The molecule has 5 heteroatoms. The molecule has 0 bridgehead atoms. The lowest BCUT2D eigenvalue weighted by Crippen LogP contribution is -2.01. The lowest BCUT2D eigenvalue weighted by molar-refractivity contribution is 0.936. The topological polar surface area (TPSA) is 42.7 Å². The smallest absolute Gasteiger partial charge is 0.0752 e. The van der Waals surface area contributed by atoms with Gasteiger partial charge in [-0.1, -0.05) is 18.2 Å². The molecule has 0 saturated heterocycles. The fraction of sp³-hybridized carbons (Fsp3) is 0.125. The van der Waals surface area contributed by atoms with Crippen LogP contribution in [0.1, 0.15) is 11.1 Å². The van der Waals surface area contributed by atoms with Crippen molar-refractivity contribution in [2.75, 3.05) is 5.32 Å². The number of pyridine rings is 1. The second kappa shape index (κ2) is 5.58. The number of anilines is 1. The fourth-order valence-electron chi connectivity index (χ4n) is 2.32. The van der Waals surface area contributed by atoms with Gasteiger partial charge >= 0.3 is 0 Å². The molecule has 0 radical (unpaired) electrons. The maximum Gasteiger partial charge on any atom is 0.0752 e. The highest BCUT2D eigenvalue weighted by atomic mass is 35.5. The van der Waals surface area contributed by atoms with Gasteiger partial charge in [0.05, 0.1) is 22.4 Å². The van der Waals surface area contributed by atoms with Crippen molar-refractivity contribution in [2.24, 2.45) is 0 Å². The van der Waals surface area contributed by atoms with Crippen molar-refractivity contribution >= 4 is 34.4 Å². The summed E-state index contributed by atoms with van der Waals surface area (Å²) in [5, 5.41) is 9.26. The molecular weight excluding hydrogens is 284 g/mol. The van der Waals surface area contributed by atoms with E-state index < -0.39 is 0 Å². The van der Waals surface area contributed by atoms with E-state index in [4.69, 9.17) is 11.6 Å². The molecule has 0 aliphatic rings. The van der Waals surface area contributed by atoms with Crippen LogP contribution in [-0.2, 0) is 6.54 Å². The largest absolute Gasteiger partial charge is 0.379 e. The number of nitrogens with one attached hydrogen (secondary N) is 1. The number of fused-ring (bicyclic) bond motifs is 1. The number of hydrogen-bond donors (Lipinski definition) is 1. The average molecular weight is 299 g/mol. The van der Waals surface area contributed by atoms with Crippen molar-refractivity contribution in [3.8, 4) is 0 Å². The Morgan fingerprint density at radius 1 is 1.48 bits per heavy atom. The van der Waals surface area contributed by atoms with Crippen LogP contribution in [0.4, 0.5) is 5.69 Å². The molecule has 106 valence electrons. The lowest BCUT2D eigenvalue weighted by atomic mass is 10.1. The van der Waals surface area contributed by atoms with E-state index >= 15 is 0 Å². The van der Waals surface area contributed by atoms with Gasteiger partial charge in [0.25, 0.3) is 0 Å². The lowest BCUT2D eigenvalue weighted by Gasteiger charge is -2.12. The zero-order valence-corrected chi connectivity index (χ0v) is 12.4. The normalized spacial score (nSPS) is 10.8. The minimum absolute atomic E-state index is 0.639. The Bertz CT molecular complexity index is 807. The first-order valence-electron chi connectivity index (χ1n) is 6.62. The molecule has 1 N–H and O–H groups in total. The van der Waals surface area contributed by atoms with Gasteiger partial charge in [0, 0.05) is 36.1 Å². The maximum absolute atomic E-state index is 6.38. The molecule has 0 aliphatic heterocycles. The first-order valence-corrected chi connectivity index (χ1v) is 7.00. The minimum atomic E-state index is 0.639. The fourth-order valence-corrected chi connectivity index (χ4v) is 2.65. The molecular formula is C16H15ClN4. The highest BCUT2D eigenvalue weighted by molar-refractivity contribution is 6.35. The number of halogens is 1. The molecule has 2 heterocycles. The van der Waals surface area contributed by atoms with Gasteiger partial charge in [0.15, 0.2) is 0 Å². The van der Waals surface area contributed by atoms with Crippen molar-refractivity contribution in [3.05, 3.63) is 59.5 Å². The quantitative estimate of drug-likeness (QED) is 0.788. The highest BCUT2D eigenvalue weighted by Gasteiger charge is 2.09. The summed E-state index contributed by atoms with van der Waals surface area (Å²) in [6, 6.07) is 5.88. The molecule has 0 amide bonds. The number of nitrogens with zero attached hydrogens (tertiary/aromatic N) is 3. The van der Waals surface area contributed by atoms with E-state index in [0.29, 0.717) is 11.6 Å². The van der Waals surface area contributed by atoms with Gasteiger partial charge in [-0.15, -0.1) is 0 Å². The summed E-state index contributed by atoms with van der Waals surface area (Å²) in [4.78, 5) is 4.43. The van der Waals surface area contributed by atoms with Crippen LogP contribution in [0.15, 0.2) is 43.4 Å². The monoisotopic (exact) mass is 298 g/mol. The molecule has 2 aromatic heterocycles. The van der Waals surface area contributed by atoms with Crippen molar-refractivity contribution in [3.63, 3.8) is 0 Å². The number of rotatable bonds is 4. The van der Waals surface area contributed by atoms with Gasteiger partial charge < -0.3 is 5.32 Å². The molecule has 0 fully saturated rings. The van der Waals surface area contributed by atoms with E-state index in [1.54, 1.807) is 23.3 Å². The molecule has 0 spiro atoms. The molecule has 0 saturated carbocycles. The standard InChI is InChI=1S/C16H15ClN4/c1-3-21-10-12(9-20-21)8-19-16-13-5-4-6-18-15(13)11(2)7-14(16)17/h3-7,9-10,19H,1,8H2,2H3. The van der Waals surface area contributed by atoms with Gasteiger partial charge in [-0.25, -0.2) is 4.68 Å². The average Bonchev–Trinajstić information content (AvgIpc) is 2.95. The van der Waals surface area contributed by atoms with Crippen LogP contribution in [-0.4, -0.2) is 14.8 Å². The number of aryl methyl sites for hydroxylation is 1. The van der Waals surface area contributed by atoms with Gasteiger partial charge in [0.2, 0.25) is 0 Å². The highest BCUT2D eigenvalue weighted by Crippen LogP contribution is 2.32. The summed E-state index contributed by atoms with van der Waals surface area (Å²) in [6.45, 7) is 6.33. The minimum Gasteiger partial charge on any atom is -0.379 e. The number of hydrogen-bond acceptors (Lipinski definition) is 3. The zero-order chi connectivity index (χ0) is 14.8. The van der Waals surface area contributed by atoms with Gasteiger partial charge in [-0.2, -0.15) is 5.10 Å². The van der Waals surface area contributed by atoms with Crippen LogP contribution in [0, 0.1) is 6.92 Å². The summed E-state index contributed by atoms with van der Waals surface area (Å²) < 4.78 is 1.67. The first kappa shape index (κ1) is 13.6. The molecule has 0 unspecified atom stereocenters. The Morgan fingerprint density at radius 3 is 3.10 bits per heavy atom. The molecule has 21 heavy (non-hydrogen) atoms. The Kier molecular flexibility index (Phi) is 3.62. The molecule has 3 rings (SSSR count). The molecule has 3 aromatic rings. The number of aromatic nitrogens is 3. The molecule has 0 atom stereocenters. The van der Waals surface area contributed by atoms with Crippen LogP contribution >= 0.6 is 11.6 Å². The second-order valence-electron chi connectivity index (χ2n) is 4.81. The van der Waals surface area contributed by atoms with Crippen LogP contribution in [0.2, 0.25) is 5.02 Å². The summed E-state index contributed by atoms with van der Waals surface area (Å²) >= 11 is 6.38. The summed E-state index contributed by atoms with van der Waals surface area (Å²) in [7, 11) is 0. The predicted molar refractivity (Wildman–Crippen MR) is 87.4 cm³/mol. The molecule has 4 nitrogen and oxygen atoms in total. The van der Waals surface area contributed by atoms with Crippen LogP contribution in [0.3, 0.4) is 0 Å². The van der Waals surface area contributed by atoms with Crippen molar-refractivity contribution in [1.82, 2.24) is 14.8 Å². The van der Waals surface area contributed by atoms with Crippen LogP contribution in [0.25, 0.3) is 17.1 Å². The van der Waals surface area contributed by atoms with Crippen molar-refractivity contribution < 1.29 is 0 Å². The number of benzene rings is 1. The first-order chi connectivity index (χ1) is 10.2. The Hall–Kier alpha value is -2.33. The molecule has 1 aromatic carbocycles. The SMILES string of the molecule is C=Cn1cc(CNc2c(Cl)cc(C)c3ncccc23)cn1. The van der Waals surface area contributed by atoms with E-state index in [9.17, 15) is 0 Å². The third kappa shape index (κ3) is 2.62. The third-order valence-electron chi connectivity index (χ3n) is 3.34. The van der Waals surface area contributed by atoms with Gasteiger partial charge in [-0.05, 0) is 30.7 Å². The maximum atomic E-state index is 6.38. The zero-order valence-electron chi connectivity index (χ0n) is 11.7. The van der Waals surface area contributed by atoms with E-state index in [1.165, 1.54) is 0 Å². The summed E-state index contributed by atoms with van der Waals surface area (Å²) in [5.74, 6) is 0. The predicted octanol–water partition coefficient (Wildman–Crippen LogP) is 4.11. The van der Waals surface area contributed by atoms with E-state index in [2.05, 4.69) is 22.0 Å². The molecule has 0 aliphatic carbocycles. The van der Waals surface area contributed by atoms with Gasteiger partial charge in [0.1, 0.15) is 0 Å². The van der Waals surface area contributed by atoms with E-state index in [1.807, 2.05) is 31.3 Å². The van der Waals surface area contributed by atoms with Crippen molar-refractivity contribution in [1.29, 1.82) is 0 Å². The van der Waals surface area contributed by atoms with Crippen LogP contribution in [0.5, 0.6) is 0 Å². The summed E-state index contributed by atoms with van der Waals surface area (Å²) in [6.07, 6.45) is 7.17. The van der Waals surface area contributed by atoms with Crippen molar-refractivity contribution in [2.45, 2.75) is 13.5 Å². The summed E-state index contributed by atoms with van der Waals surface area (Å²) in [5.41, 5.74) is 3.99. The third-order valence-corrected chi connectivity index (χ3v) is 3.64.